The maximum atomic E-state index is 14.3. The maximum absolute atomic E-state index is 14.3. The fraction of sp³-hybridized carbons (Fsp3) is 0.493. The lowest BCUT2D eigenvalue weighted by Gasteiger charge is -2.35. The van der Waals surface area contributed by atoms with Gasteiger partial charge in [-0.2, -0.15) is 11.8 Å². The molecular weight excluding hydrogens is 1080 g/mol. The van der Waals surface area contributed by atoms with Crippen LogP contribution in [0.4, 0.5) is 28.4 Å². The summed E-state index contributed by atoms with van der Waals surface area (Å²) in [7, 11) is 4.82. The molecule has 0 saturated heterocycles. The quantitative estimate of drug-likeness (QED) is 0.0378. The third kappa shape index (κ3) is 14.3. The number of nitrogens with one attached hydrogen (secondary N) is 2. The van der Waals surface area contributed by atoms with Crippen molar-refractivity contribution < 1.29 is 47.5 Å². The van der Waals surface area contributed by atoms with Crippen LogP contribution in [-0.2, 0) is 45.1 Å². The first-order valence-electron chi connectivity index (χ1n) is 30.0. The Morgan fingerprint density at radius 2 is 1.33 bits per heavy atom. The van der Waals surface area contributed by atoms with Crippen molar-refractivity contribution in [2.24, 2.45) is 10.9 Å². The molecule has 10 rings (SSSR count). The standard InChI is InChI=1S/C67H84N6O10S/c1-66(2,84-30-16-23-63(74)70-67(3,4)49-19-10-8-9-11-20-49)44-71(24-25-80-28-29-81-27-26-77-5)50-32-45(42-82-61-38-55-53(36-59(61)78-6)64(75)72-51(40-68-55)34-47-17-12-14-21-57(47)72)31-46(33-50)43-83-62-39-56-54(37-60(62)79-7)65(76)73-52(41-69-56)35-48-18-13-15-22-58(48)73/h12-15,17-18,21-22,31-33,36-40,49,51-52,69H,8-11,16,19-20,23-30,34-35,41-44H2,1-7H3,(H,70,74)/t51-,52-/m0/s1. The Kier molecular flexibility index (Phi) is 19.8. The normalized spacial score (nSPS) is 17.4. The van der Waals surface area contributed by atoms with E-state index in [2.05, 4.69) is 73.6 Å². The van der Waals surface area contributed by atoms with E-state index < -0.39 is 0 Å². The van der Waals surface area contributed by atoms with Gasteiger partial charge in [0, 0.05) is 85.3 Å². The van der Waals surface area contributed by atoms with E-state index in [-0.39, 0.29) is 53.3 Å². The molecule has 5 aromatic carbocycles. The second kappa shape index (κ2) is 27.5. The second-order valence-corrected chi connectivity index (χ2v) is 25.7. The van der Waals surface area contributed by atoms with Gasteiger partial charge in [-0.15, -0.1) is 0 Å². The highest BCUT2D eigenvalue weighted by Gasteiger charge is 2.39. The van der Waals surface area contributed by atoms with Crippen molar-refractivity contribution in [3.8, 4) is 23.0 Å². The number of rotatable bonds is 27. The van der Waals surface area contributed by atoms with Crippen LogP contribution in [0, 0.1) is 5.92 Å². The molecule has 5 aromatic rings. The number of aliphatic imine (C=N–C) groups is 1. The van der Waals surface area contributed by atoms with Crippen LogP contribution in [0.1, 0.15) is 122 Å². The minimum absolute atomic E-state index is 0.0246. The number of nitrogens with zero attached hydrogens (tertiary/aromatic N) is 4. The number of methoxy groups -OCH3 is 3. The molecule has 0 aromatic heterocycles. The third-order valence-corrected chi connectivity index (χ3v) is 18.3. The minimum atomic E-state index is -0.246. The van der Waals surface area contributed by atoms with E-state index in [0.717, 1.165) is 57.9 Å². The SMILES string of the molecule is COCCOCCOCCN(CC(C)(C)SCCCC(=O)NC(C)(C)C1CCCCCC1)c1cc(COc2cc3c(cc2OC)C(=O)N2c4ccccc4C[C@H]2C=N3)cc(COc2cc3c(cc2OC)C(=O)N2c4ccccc4C[C@H]2CN3)c1. The zero-order valence-electron chi connectivity index (χ0n) is 50.1. The molecule has 16 nitrogen and oxygen atoms in total. The summed E-state index contributed by atoms with van der Waals surface area (Å²) in [6.45, 7) is 13.4. The number of amides is 3. The van der Waals surface area contributed by atoms with E-state index in [1.165, 1.54) is 38.5 Å². The Labute approximate surface area is 500 Å². The maximum Gasteiger partial charge on any atom is 0.261 e. The van der Waals surface area contributed by atoms with Gasteiger partial charge in [-0.25, -0.2) is 0 Å². The first-order valence-corrected chi connectivity index (χ1v) is 31.0. The number of fused-ring (bicyclic) bond motifs is 8. The van der Waals surface area contributed by atoms with E-state index in [1.807, 2.05) is 70.2 Å². The molecule has 0 bridgehead atoms. The van der Waals surface area contributed by atoms with Crippen LogP contribution in [0.25, 0.3) is 0 Å². The lowest BCUT2D eigenvalue weighted by atomic mass is 9.82. The van der Waals surface area contributed by atoms with Gasteiger partial charge in [0.15, 0.2) is 23.0 Å². The van der Waals surface area contributed by atoms with Crippen LogP contribution >= 0.6 is 11.8 Å². The van der Waals surface area contributed by atoms with Crippen LogP contribution < -0.4 is 44.3 Å². The summed E-state index contributed by atoms with van der Waals surface area (Å²) in [5, 5.41) is 6.98. The summed E-state index contributed by atoms with van der Waals surface area (Å²) in [5.74, 6) is 3.02. The number of para-hydroxylation sites is 2. The highest BCUT2D eigenvalue weighted by molar-refractivity contribution is 8.00. The summed E-state index contributed by atoms with van der Waals surface area (Å²) < 4.78 is 42.2. The molecule has 2 N–H and O–H groups in total. The van der Waals surface area contributed by atoms with Crippen molar-refractivity contribution in [2.45, 2.75) is 127 Å². The van der Waals surface area contributed by atoms with Gasteiger partial charge in [0.05, 0.1) is 81.8 Å². The van der Waals surface area contributed by atoms with Gasteiger partial charge in [0.2, 0.25) is 5.91 Å². The predicted molar refractivity (Wildman–Crippen MR) is 334 cm³/mol. The number of hydrogen-bond acceptors (Lipinski definition) is 14. The summed E-state index contributed by atoms with van der Waals surface area (Å²) in [5.41, 5.74) is 8.70. The molecule has 1 fully saturated rings. The fourth-order valence-corrected chi connectivity index (χ4v) is 13.7. The van der Waals surface area contributed by atoms with Crippen LogP contribution in [0.5, 0.6) is 23.0 Å². The third-order valence-electron chi connectivity index (χ3n) is 16.9. The smallest absolute Gasteiger partial charge is 0.261 e. The van der Waals surface area contributed by atoms with E-state index in [9.17, 15) is 14.4 Å². The molecular formula is C67H84N6O10S. The average molecular weight is 1170 g/mol. The Bertz CT molecular complexity index is 3160. The van der Waals surface area contributed by atoms with Crippen molar-refractivity contribution in [3.63, 3.8) is 0 Å². The minimum Gasteiger partial charge on any atom is -0.493 e. The molecule has 1 aliphatic carbocycles. The van der Waals surface area contributed by atoms with Gasteiger partial charge in [-0.05, 0) is 130 Å². The molecule has 17 heteroatoms. The Morgan fingerprint density at radius 3 is 2.02 bits per heavy atom. The summed E-state index contributed by atoms with van der Waals surface area (Å²) in [6, 6.07) is 29.4. The van der Waals surface area contributed by atoms with E-state index in [1.54, 1.807) is 39.5 Å². The Morgan fingerprint density at radius 1 is 0.714 bits per heavy atom. The molecule has 5 aliphatic rings. The Hall–Kier alpha value is -6.79. The molecule has 1 saturated carbocycles. The number of carbonyl (C=O) groups is 3. The monoisotopic (exact) mass is 1160 g/mol. The lowest BCUT2D eigenvalue weighted by molar-refractivity contribution is -0.123. The number of anilines is 4. The first-order chi connectivity index (χ1) is 40.7. The molecule has 0 spiro atoms. The highest BCUT2D eigenvalue weighted by Crippen LogP contribution is 2.44. The topological polar surface area (TPSA) is 162 Å². The van der Waals surface area contributed by atoms with Crippen molar-refractivity contribution in [1.82, 2.24) is 5.32 Å². The number of thioether (sulfide) groups is 1. The molecule has 4 heterocycles. The Balaban J connectivity index is 0.908. The van der Waals surface area contributed by atoms with Crippen molar-refractivity contribution >= 4 is 64.1 Å². The van der Waals surface area contributed by atoms with Gasteiger partial charge < -0.3 is 53.6 Å². The molecule has 0 unspecified atom stereocenters. The zero-order valence-corrected chi connectivity index (χ0v) is 50.9. The molecule has 4 aliphatic heterocycles. The predicted octanol–water partition coefficient (Wildman–Crippen LogP) is 11.8. The van der Waals surface area contributed by atoms with Gasteiger partial charge in [0.25, 0.3) is 11.8 Å². The fourth-order valence-electron chi connectivity index (χ4n) is 12.6. The van der Waals surface area contributed by atoms with E-state index >= 15 is 0 Å². The van der Waals surface area contributed by atoms with Crippen LogP contribution in [0.3, 0.4) is 0 Å². The molecule has 84 heavy (non-hydrogen) atoms. The number of benzene rings is 5. The van der Waals surface area contributed by atoms with Crippen molar-refractivity contribution in [2.75, 3.05) is 99.8 Å². The van der Waals surface area contributed by atoms with Crippen LogP contribution in [0.15, 0.2) is 96.0 Å². The lowest BCUT2D eigenvalue weighted by Crippen LogP contribution is -2.49. The van der Waals surface area contributed by atoms with Gasteiger partial charge in [-0.1, -0.05) is 62.1 Å². The van der Waals surface area contributed by atoms with E-state index in [0.29, 0.717) is 117 Å². The van der Waals surface area contributed by atoms with Gasteiger partial charge >= 0.3 is 0 Å². The van der Waals surface area contributed by atoms with Gasteiger partial charge in [0.1, 0.15) is 13.2 Å². The van der Waals surface area contributed by atoms with Crippen LogP contribution in [-0.4, -0.2) is 126 Å². The van der Waals surface area contributed by atoms with Crippen LogP contribution in [0.2, 0.25) is 0 Å². The van der Waals surface area contributed by atoms with Crippen molar-refractivity contribution in [3.05, 3.63) is 124 Å². The average Bonchev–Trinajstić information content (AvgIpc) is 2.03. The highest BCUT2D eigenvalue weighted by atomic mass is 32.2. The zero-order chi connectivity index (χ0) is 58.8. The first kappa shape index (κ1) is 60.3. The number of ether oxygens (including phenoxy) is 7. The number of carbonyl (C=O) groups excluding carboxylic acids is 3. The van der Waals surface area contributed by atoms with E-state index in [4.69, 9.17) is 38.2 Å². The van der Waals surface area contributed by atoms with Crippen molar-refractivity contribution in [1.29, 1.82) is 0 Å². The largest absolute Gasteiger partial charge is 0.493 e. The second-order valence-electron chi connectivity index (χ2n) is 23.9. The summed E-state index contributed by atoms with van der Waals surface area (Å²) in [4.78, 5) is 53.0. The summed E-state index contributed by atoms with van der Waals surface area (Å²) >= 11 is 1.87. The molecule has 3 amide bonds. The molecule has 2 atom stereocenters. The summed E-state index contributed by atoms with van der Waals surface area (Å²) in [6.07, 6.45) is 11.9. The molecule has 0 radical (unpaired) electrons. The van der Waals surface area contributed by atoms with Gasteiger partial charge in [-0.3, -0.25) is 24.3 Å². The number of hydrogen-bond donors (Lipinski definition) is 2. The molecule has 448 valence electrons.